The molecule has 0 unspecified atom stereocenters. The Morgan fingerprint density at radius 2 is 1.15 bits per heavy atom. The van der Waals surface area contributed by atoms with Crippen molar-refractivity contribution in [2.75, 3.05) is 13.1 Å². The van der Waals surface area contributed by atoms with Crippen molar-refractivity contribution >= 4 is 48.1 Å². The van der Waals surface area contributed by atoms with E-state index in [1.807, 2.05) is 10.6 Å². The highest BCUT2D eigenvalue weighted by molar-refractivity contribution is 6.02. The smallest absolute Gasteiger partial charge is 0.400 e. The largest absolute Gasteiger partial charge is 0.433 e. The summed E-state index contributed by atoms with van der Waals surface area (Å²) in [5, 5.41) is 33.8. The number of nitrogens with zero attached hydrogens (tertiary/aromatic N) is 6. The number of rotatable bonds is 6. The van der Waals surface area contributed by atoms with Gasteiger partial charge in [-0.3, -0.25) is 40.5 Å². The van der Waals surface area contributed by atoms with Gasteiger partial charge in [0.1, 0.15) is 22.9 Å². The minimum absolute atomic E-state index is 0.115. The summed E-state index contributed by atoms with van der Waals surface area (Å²) in [4.78, 5) is 63.0. The van der Waals surface area contributed by atoms with Crippen LogP contribution in [0.25, 0.3) is 0 Å². The minimum atomic E-state index is -0.691. The molecule has 0 spiro atoms. The molecule has 176 valence electrons. The summed E-state index contributed by atoms with van der Waals surface area (Å²) in [7, 11) is 0. The van der Waals surface area contributed by atoms with Crippen LogP contribution in [0, 0.1) is 20.2 Å². The first-order chi connectivity index (χ1) is 16.1. The summed E-state index contributed by atoms with van der Waals surface area (Å²) in [5.41, 5.74) is 0. The lowest BCUT2D eigenvalue weighted by Crippen LogP contribution is -2.24. The van der Waals surface area contributed by atoms with Gasteiger partial charge in [-0.15, -0.1) is 0 Å². The zero-order valence-corrected chi connectivity index (χ0v) is 16.6. The number of furan rings is 2. The maximum atomic E-state index is 11.1. The van der Waals surface area contributed by atoms with Gasteiger partial charge in [0.05, 0.1) is 24.6 Å². The number of hydrogen-bond donors (Lipinski definition) is 2. The fourth-order valence-corrected chi connectivity index (χ4v) is 2.32. The van der Waals surface area contributed by atoms with Crippen LogP contribution in [0.15, 0.2) is 43.3 Å². The van der Waals surface area contributed by atoms with Gasteiger partial charge in [0.25, 0.3) is 0 Å². The number of imide groups is 2. The van der Waals surface area contributed by atoms with Crippen LogP contribution in [0.4, 0.5) is 21.4 Å². The van der Waals surface area contributed by atoms with Crippen molar-refractivity contribution in [1.82, 2.24) is 20.7 Å². The molecule has 4 rings (SSSR count). The van der Waals surface area contributed by atoms with E-state index in [-0.39, 0.29) is 24.6 Å². The molecule has 18 nitrogen and oxygen atoms in total. The molecule has 0 bridgehead atoms. The second-order valence-electron chi connectivity index (χ2n) is 6.18. The van der Waals surface area contributed by atoms with Gasteiger partial charge in [-0.2, -0.15) is 10.2 Å². The maximum Gasteiger partial charge on any atom is 0.433 e. The van der Waals surface area contributed by atoms with Crippen LogP contribution in [0.1, 0.15) is 11.5 Å². The summed E-state index contributed by atoms with van der Waals surface area (Å²) in [5.74, 6) is -1.54. The minimum Gasteiger partial charge on any atom is -0.400 e. The van der Waals surface area contributed by atoms with Crippen LogP contribution in [-0.4, -0.2) is 69.3 Å². The molecule has 2 saturated heterocycles. The van der Waals surface area contributed by atoms with Crippen LogP contribution < -0.4 is 10.6 Å². The van der Waals surface area contributed by atoms with Crippen LogP contribution >= 0.6 is 0 Å². The van der Waals surface area contributed by atoms with E-state index in [1.165, 1.54) is 12.1 Å². The predicted octanol–water partition coefficient (Wildman–Crippen LogP) is 0.147. The summed E-state index contributed by atoms with van der Waals surface area (Å²) >= 11 is 0. The topological polar surface area (TPSA) is 236 Å². The Morgan fingerprint density at radius 3 is 1.41 bits per heavy atom. The third kappa shape index (κ3) is 5.84. The summed E-state index contributed by atoms with van der Waals surface area (Å²) in [6.45, 7) is -0.365. The number of urea groups is 2. The Hall–Kier alpha value is -5.42. The zero-order chi connectivity index (χ0) is 24.8. The number of carbonyl (C=O) groups excluding carboxylic acids is 4. The van der Waals surface area contributed by atoms with E-state index in [1.54, 1.807) is 0 Å². The van der Waals surface area contributed by atoms with E-state index in [0.717, 1.165) is 34.6 Å². The van der Waals surface area contributed by atoms with Gasteiger partial charge in [-0.1, -0.05) is 0 Å². The molecule has 0 radical (unpaired) electrons. The Kier molecular flexibility index (Phi) is 6.70. The van der Waals surface area contributed by atoms with E-state index < -0.39 is 45.5 Å². The van der Waals surface area contributed by atoms with Crippen molar-refractivity contribution in [1.29, 1.82) is 0 Å². The van der Waals surface area contributed by atoms with Crippen molar-refractivity contribution in [3.8, 4) is 0 Å². The molecular formula is C16H12N8O10. The molecule has 6 amide bonds. The van der Waals surface area contributed by atoms with Gasteiger partial charge in [0.15, 0.2) is 11.5 Å². The second-order valence-corrected chi connectivity index (χ2v) is 6.18. The molecule has 2 fully saturated rings. The Labute approximate surface area is 186 Å². The SMILES string of the molecule is O=C1CN(/N=C/c2ccc([N+](=O)[O-])o2)C(=O)N1.O=C1CN(/N=C/c2ccc([N+](=O)[O-])o2)C(=O)N1. The molecule has 2 aromatic rings. The van der Waals surface area contributed by atoms with Crippen molar-refractivity contribution in [3.63, 3.8) is 0 Å². The molecule has 2 aliphatic heterocycles. The summed E-state index contributed by atoms with van der Waals surface area (Å²) < 4.78 is 9.55. The number of hydrogen-bond acceptors (Lipinski definition) is 12. The Bertz CT molecular complexity index is 1130. The molecule has 2 aliphatic rings. The molecular weight excluding hydrogens is 464 g/mol. The van der Waals surface area contributed by atoms with Gasteiger partial charge in [-0.05, 0) is 12.1 Å². The molecule has 18 heteroatoms. The number of carbonyl (C=O) groups is 4. The van der Waals surface area contributed by atoms with Gasteiger partial charge >= 0.3 is 23.8 Å². The maximum absolute atomic E-state index is 11.1. The van der Waals surface area contributed by atoms with Crippen LogP contribution in [0.5, 0.6) is 0 Å². The Balaban J connectivity index is 0.000000191. The highest BCUT2D eigenvalue weighted by Crippen LogP contribution is 2.15. The zero-order valence-electron chi connectivity index (χ0n) is 16.6. The predicted molar refractivity (Wildman–Crippen MR) is 106 cm³/mol. The number of amides is 6. The molecule has 2 N–H and O–H groups in total. The fraction of sp³-hybridized carbons (Fsp3) is 0.125. The first-order valence-corrected chi connectivity index (χ1v) is 8.91. The normalized spacial score (nSPS) is 15.6. The van der Waals surface area contributed by atoms with Crippen LogP contribution in [0.3, 0.4) is 0 Å². The van der Waals surface area contributed by atoms with Crippen LogP contribution in [-0.2, 0) is 9.59 Å². The van der Waals surface area contributed by atoms with Gasteiger partial charge in [0.2, 0.25) is 11.8 Å². The summed E-state index contributed by atoms with van der Waals surface area (Å²) in [6, 6.07) is 3.70. The number of hydrazone groups is 2. The highest BCUT2D eigenvalue weighted by atomic mass is 16.7. The standard InChI is InChI=1S/2C8H6N4O5/c2*13-6-4-11(8(14)10-6)9-3-5-1-2-7(17-5)12(15)16/h2*1-3H,4H2,(H,10,13,14)/b2*9-3+. The van der Waals surface area contributed by atoms with Crippen LogP contribution in [0.2, 0.25) is 0 Å². The Morgan fingerprint density at radius 1 is 0.765 bits per heavy atom. The molecule has 0 aliphatic carbocycles. The van der Waals surface area contributed by atoms with E-state index in [4.69, 9.17) is 8.83 Å². The first kappa shape index (κ1) is 23.2. The third-order valence-corrected chi connectivity index (χ3v) is 3.78. The lowest BCUT2D eigenvalue weighted by Gasteiger charge is -2.02. The first-order valence-electron chi connectivity index (χ1n) is 8.91. The molecule has 0 atom stereocenters. The van der Waals surface area contributed by atoms with Gasteiger partial charge in [-0.25, -0.2) is 19.6 Å². The van der Waals surface area contributed by atoms with E-state index in [9.17, 15) is 39.4 Å². The number of nitro groups is 2. The number of nitrogens with one attached hydrogen (secondary N) is 2. The van der Waals surface area contributed by atoms with E-state index in [0.29, 0.717) is 0 Å². The molecule has 0 saturated carbocycles. The average molecular weight is 476 g/mol. The highest BCUT2D eigenvalue weighted by Gasteiger charge is 2.27. The third-order valence-electron chi connectivity index (χ3n) is 3.78. The van der Waals surface area contributed by atoms with Crippen molar-refractivity contribution < 1.29 is 37.9 Å². The van der Waals surface area contributed by atoms with E-state index >= 15 is 0 Å². The molecule has 2 aromatic heterocycles. The average Bonchev–Trinajstić information content (AvgIpc) is 3.53. The molecule has 34 heavy (non-hydrogen) atoms. The van der Waals surface area contributed by atoms with Crippen molar-refractivity contribution in [2.24, 2.45) is 10.2 Å². The molecule has 0 aromatic carbocycles. The lowest BCUT2D eigenvalue weighted by molar-refractivity contribution is -0.402. The molecule has 4 heterocycles. The second kappa shape index (κ2) is 9.80. The summed E-state index contributed by atoms with van der Waals surface area (Å²) in [6.07, 6.45) is 2.23. The van der Waals surface area contributed by atoms with Crippen molar-refractivity contribution in [2.45, 2.75) is 0 Å². The van der Waals surface area contributed by atoms with Gasteiger partial charge in [0, 0.05) is 0 Å². The quantitative estimate of drug-likeness (QED) is 0.247. The fourth-order valence-electron chi connectivity index (χ4n) is 2.32. The van der Waals surface area contributed by atoms with E-state index in [2.05, 4.69) is 10.2 Å². The van der Waals surface area contributed by atoms with Gasteiger partial charge < -0.3 is 8.83 Å². The monoisotopic (exact) mass is 476 g/mol. The van der Waals surface area contributed by atoms with Crippen molar-refractivity contribution in [3.05, 3.63) is 56.0 Å². The lowest BCUT2D eigenvalue weighted by atomic mass is 10.5.